The van der Waals surface area contributed by atoms with Crippen LogP contribution in [-0.4, -0.2) is 11.0 Å². The molecule has 0 aliphatic heterocycles. The zero-order chi connectivity index (χ0) is 7.44. The van der Waals surface area contributed by atoms with Crippen LogP contribution in [-0.2, 0) is 4.79 Å². The first-order chi connectivity index (χ1) is 4.04. The van der Waals surface area contributed by atoms with E-state index in [0.29, 0.717) is 4.48 Å². The van der Waals surface area contributed by atoms with E-state index in [0.717, 1.165) is 6.08 Å². The van der Waals surface area contributed by atoms with Gasteiger partial charge in [0.25, 0.3) is 5.91 Å². The Kier molecular flexibility index (Phi) is 3.01. The van der Waals surface area contributed by atoms with Crippen molar-refractivity contribution in [1.82, 2.24) is 0 Å². The maximum Gasteiger partial charge on any atom is 0.283 e. The molecule has 9 heavy (non-hydrogen) atoms. The molecule has 3 nitrogen and oxygen atoms in total. The summed E-state index contributed by atoms with van der Waals surface area (Å²) in [4.78, 5) is 10.1. The lowest BCUT2D eigenvalue weighted by atomic mass is 10.4. The summed E-state index contributed by atoms with van der Waals surface area (Å²) in [6.07, 6.45) is 1.13. The fourth-order valence-electron chi connectivity index (χ4n) is 0.219. The normalized spacial score (nSPS) is 11.0. The fraction of sp³-hybridized carbons (Fsp3) is 0. The predicted molar refractivity (Wildman–Crippen MR) is 38.0 cm³/mol. The molecule has 0 saturated heterocycles. The molecule has 0 radical (unpaired) electrons. The number of allylic oxidation sites excluding steroid dienone is 2. The number of amides is 1. The van der Waals surface area contributed by atoms with Crippen molar-refractivity contribution in [2.45, 2.75) is 0 Å². The average molecular weight is 192 g/mol. The number of rotatable bonds is 2. The zero-order valence-electron chi connectivity index (χ0n) is 4.60. The highest BCUT2D eigenvalue weighted by molar-refractivity contribution is 9.11. The van der Waals surface area contributed by atoms with Crippen molar-refractivity contribution in [1.29, 1.82) is 0 Å². The van der Waals surface area contributed by atoms with Crippen molar-refractivity contribution in [2.24, 2.45) is 5.73 Å². The first-order valence-corrected chi connectivity index (χ1v) is 2.88. The smallest absolute Gasteiger partial charge is 0.283 e. The molecule has 0 aromatic heterocycles. The number of hydrogen-bond donors (Lipinski definition) is 2. The van der Waals surface area contributed by atoms with Crippen molar-refractivity contribution in [3.63, 3.8) is 0 Å². The van der Waals surface area contributed by atoms with Gasteiger partial charge >= 0.3 is 0 Å². The second-order valence-electron chi connectivity index (χ2n) is 1.34. The van der Waals surface area contributed by atoms with Crippen LogP contribution in [0.3, 0.4) is 0 Å². The molecular formula is C5H6BrNO2. The van der Waals surface area contributed by atoms with E-state index in [-0.39, 0.29) is 0 Å². The summed E-state index contributed by atoms with van der Waals surface area (Å²) in [5.74, 6) is -1.37. The maximum atomic E-state index is 10.1. The van der Waals surface area contributed by atoms with Crippen molar-refractivity contribution in [3.05, 3.63) is 22.9 Å². The summed E-state index contributed by atoms with van der Waals surface area (Å²) in [5, 5.41) is 8.59. The van der Waals surface area contributed by atoms with Gasteiger partial charge in [-0.3, -0.25) is 4.79 Å². The monoisotopic (exact) mass is 191 g/mol. The molecule has 3 N–H and O–H groups in total. The van der Waals surface area contributed by atoms with Crippen molar-refractivity contribution in [3.8, 4) is 0 Å². The molecule has 50 valence electrons. The molecule has 0 bridgehead atoms. The molecule has 0 fully saturated rings. The van der Waals surface area contributed by atoms with Crippen LogP contribution in [0.25, 0.3) is 0 Å². The number of primary amides is 1. The summed E-state index contributed by atoms with van der Waals surface area (Å²) >= 11 is 2.90. The average Bonchev–Trinajstić information content (AvgIpc) is 1.63. The van der Waals surface area contributed by atoms with Gasteiger partial charge < -0.3 is 10.8 Å². The number of aliphatic hydroxyl groups is 1. The van der Waals surface area contributed by atoms with Gasteiger partial charge in [-0.2, -0.15) is 0 Å². The summed E-state index contributed by atoms with van der Waals surface area (Å²) in [6.45, 7) is 3.35. The van der Waals surface area contributed by atoms with Crippen LogP contribution in [0.4, 0.5) is 0 Å². The second-order valence-corrected chi connectivity index (χ2v) is 2.36. The van der Waals surface area contributed by atoms with Gasteiger partial charge in [0, 0.05) is 4.48 Å². The summed E-state index contributed by atoms with van der Waals surface area (Å²) in [7, 11) is 0. The third kappa shape index (κ3) is 3.78. The van der Waals surface area contributed by atoms with Gasteiger partial charge in [0.2, 0.25) is 0 Å². The lowest BCUT2D eigenvalue weighted by Crippen LogP contribution is -2.13. The second kappa shape index (κ2) is 3.29. The van der Waals surface area contributed by atoms with Gasteiger partial charge in [-0.05, 0) is 6.08 Å². The molecule has 0 heterocycles. The van der Waals surface area contributed by atoms with Crippen molar-refractivity contribution in [2.75, 3.05) is 0 Å². The molecule has 0 unspecified atom stereocenters. The first-order valence-electron chi connectivity index (χ1n) is 2.09. The Bertz CT molecular complexity index is 174. The predicted octanol–water partition coefficient (Wildman–Crippen LogP) is 0.822. The highest BCUT2D eigenvalue weighted by Gasteiger charge is 1.98. The number of aliphatic hydroxyl groups excluding tert-OH is 1. The fourth-order valence-corrected chi connectivity index (χ4v) is 0.436. The van der Waals surface area contributed by atoms with Crippen LogP contribution < -0.4 is 5.73 Å². The molecule has 0 atom stereocenters. The number of carbonyl (C=O) groups excluding carboxylic acids is 1. The van der Waals surface area contributed by atoms with E-state index in [9.17, 15) is 4.79 Å². The largest absolute Gasteiger partial charge is 0.503 e. The standard InChI is InChI=1S/C5H6BrNO2/c1-3(6)2-4(8)5(7)9/h2,8H,1H2,(H2,7,9)/b4-2+. The summed E-state index contributed by atoms with van der Waals surface area (Å²) < 4.78 is 0.402. The van der Waals surface area contributed by atoms with Gasteiger partial charge in [0.05, 0.1) is 0 Å². The van der Waals surface area contributed by atoms with Gasteiger partial charge in [-0.15, -0.1) is 0 Å². The SMILES string of the molecule is C=C(Br)/C=C(/O)C(N)=O. The molecule has 0 saturated carbocycles. The van der Waals surface area contributed by atoms with Gasteiger partial charge in [-0.1, -0.05) is 22.5 Å². The van der Waals surface area contributed by atoms with Gasteiger partial charge in [-0.25, -0.2) is 0 Å². The summed E-state index contributed by atoms with van der Waals surface area (Å²) in [5.41, 5.74) is 4.67. The van der Waals surface area contributed by atoms with Crippen molar-refractivity contribution >= 4 is 21.8 Å². The van der Waals surface area contributed by atoms with E-state index in [2.05, 4.69) is 28.2 Å². The Labute approximate surface area is 61.0 Å². The van der Waals surface area contributed by atoms with Crippen molar-refractivity contribution < 1.29 is 9.90 Å². The Hall–Kier alpha value is -0.770. The quantitative estimate of drug-likeness (QED) is 0.386. The molecule has 4 heteroatoms. The van der Waals surface area contributed by atoms with Crippen LogP contribution in [0.1, 0.15) is 0 Å². The van der Waals surface area contributed by atoms with Crippen LogP contribution in [0.15, 0.2) is 22.9 Å². The van der Waals surface area contributed by atoms with Gasteiger partial charge in [0.15, 0.2) is 5.76 Å². The lowest BCUT2D eigenvalue weighted by Gasteiger charge is -1.89. The zero-order valence-corrected chi connectivity index (χ0v) is 6.18. The molecule has 0 aliphatic carbocycles. The molecular weight excluding hydrogens is 186 g/mol. The highest BCUT2D eigenvalue weighted by atomic mass is 79.9. The van der Waals surface area contributed by atoms with E-state index in [1.807, 2.05) is 0 Å². The number of nitrogens with two attached hydrogens (primary N) is 1. The molecule has 1 amide bonds. The Morgan fingerprint density at radius 2 is 2.22 bits per heavy atom. The van der Waals surface area contributed by atoms with Crippen LogP contribution in [0.5, 0.6) is 0 Å². The Balaban J connectivity index is 4.17. The third-order valence-electron chi connectivity index (χ3n) is 0.546. The Morgan fingerprint density at radius 1 is 1.78 bits per heavy atom. The van der Waals surface area contributed by atoms with Crippen LogP contribution in [0.2, 0.25) is 0 Å². The number of carbonyl (C=O) groups is 1. The van der Waals surface area contributed by atoms with Crippen LogP contribution in [0, 0.1) is 0 Å². The van der Waals surface area contributed by atoms with Gasteiger partial charge in [0.1, 0.15) is 0 Å². The van der Waals surface area contributed by atoms with E-state index in [1.165, 1.54) is 0 Å². The first kappa shape index (κ1) is 8.23. The summed E-state index contributed by atoms with van der Waals surface area (Å²) in [6, 6.07) is 0. The van der Waals surface area contributed by atoms with E-state index >= 15 is 0 Å². The minimum Gasteiger partial charge on any atom is -0.503 e. The minimum atomic E-state index is -0.865. The topological polar surface area (TPSA) is 63.3 Å². The Morgan fingerprint density at radius 3 is 2.33 bits per heavy atom. The number of hydrogen-bond acceptors (Lipinski definition) is 2. The molecule has 0 aromatic rings. The lowest BCUT2D eigenvalue weighted by molar-refractivity contribution is -0.116. The maximum absolute atomic E-state index is 10.1. The molecule has 0 rings (SSSR count). The van der Waals surface area contributed by atoms with E-state index < -0.39 is 11.7 Å². The minimum absolute atomic E-state index is 0.402. The molecule has 0 aliphatic rings. The van der Waals surface area contributed by atoms with E-state index in [1.54, 1.807) is 0 Å². The van der Waals surface area contributed by atoms with Crippen LogP contribution >= 0.6 is 15.9 Å². The third-order valence-corrected chi connectivity index (χ3v) is 0.775. The molecule has 0 spiro atoms. The highest BCUT2D eigenvalue weighted by Crippen LogP contribution is 2.03. The molecule has 0 aromatic carbocycles. The van der Waals surface area contributed by atoms with E-state index in [4.69, 9.17) is 5.11 Å². The number of halogens is 1.